The Balaban J connectivity index is 2.61. The average Bonchev–Trinajstić information content (AvgIpc) is 2.49. The third-order valence-electron chi connectivity index (χ3n) is 2.78. The van der Waals surface area contributed by atoms with E-state index >= 15 is 0 Å². The highest BCUT2D eigenvalue weighted by Crippen LogP contribution is 2.25. The molecule has 0 aliphatic rings. The Morgan fingerprint density at radius 2 is 1.89 bits per heavy atom. The van der Waals surface area contributed by atoms with Crippen LogP contribution in [0.3, 0.4) is 0 Å². The highest BCUT2D eigenvalue weighted by Gasteiger charge is 2.12. The molecule has 0 heterocycles. The van der Waals surface area contributed by atoms with Crippen LogP contribution in [-0.2, 0) is 5.33 Å². The second-order valence-corrected chi connectivity index (χ2v) is 4.50. The van der Waals surface area contributed by atoms with Crippen LogP contribution < -0.4 is 5.48 Å². The van der Waals surface area contributed by atoms with Gasteiger partial charge in [-0.25, -0.2) is 5.48 Å². The number of hydrogen-bond donors (Lipinski definition) is 3. The van der Waals surface area contributed by atoms with Gasteiger partial charge in [-0.05, 0) is 22.8 Å². The van der Waals surface area contributed by atoms with E-state index in [0.717, 1.165) is 16.7 Å². The van der Waals surface area contributed by atoms with E-state index in [9.17, 15) is 0 Å². The summed E-state index contributed by atoms with van der Waals surface area (Å²) in [5, 5.41) is 21.8. The molecule has 98 valence electrons. The topological polar surface area (TPSA) is 64.9 Å². The Morgan fingerprint density at radius 1 is 1.16 bits per heavy atom. The molecule has 5 heteroatoms. The number of oxime groups is 1. The Morgan fingerprint density at radius 3 is 2.47 bits per heavy atom. The third kappa shape index (κ3) is 2.94. The summed E-state index contributed by atoms with van der Waals surface area (Å²) in [5.41, 5.74) is 5.42. The summed E-state index contributed by atoms with van der Waals surface area (Å²) in [6.07, 6.45) is 0. The predicted octanol–water partition coefficient (Wildman–Crippen LogP) is 3.36. The molecule has 2 aromatic rings. The molecule has 2 rings (SSSR count). The molecule has 0 spiro atoms. The molecule has 0 aliphatic heterocycles. The standard InChI is InChI=1S/C14H13BrN2O2/c15-9-10-6-7-12(11-4-2-1-3-5-11)13(8-10)14(16-18)17-19/h1-8,18-19H,9H2,(H,16,17). The van der Waals surface area contributed by atoms with Crippen molar-refractivity contribution in [3.63, 3.8) is 0 Å². The van der Waals surface area contributed by atoms with Crippen LogP contribution in [0.4, 0.5) is 0 Å². The van der Waals surface area contributed by atoms with Crippen LogP contribution in [-0.4, -0.2) is 16.3 Å². The van der Waals surface area contributed by atoms with Crippen LogP contribution in [0, 0.1) is 0 Å². The van der Waals surface area contributed by atoms with Gasteiger partial charge in [0.05, 0.1) is 0 Å². The molecule has 0 fully saturated rings. The summed E-state index contributed by atoms with van der Waals surface area (Å²) in [6, 6.07) is 15.5. The van der Waals surface area contributed by atoms with E-state index in [-0.39, 0.29) is 5.84 Å². The summed E-state index contributed by atoms with van der Waals surface area (Å²) in [7, 11) is 0. The summed E-state index contributed by atoms with van der Waals surface area (Å²) in [5.74, 6) is 0.0154. The Hall–Kier alpha value is -1.85. The van der Waals surface area contributed by atoms with Crippen molar-refractivity contribution in [1.82, 2.24) is 5.48 Å². The first-order valence-corrected chi connectivity index (χ1v) is 6.79. The lowest BCUT2D eigenvalue weighted by molar-refractivity contribution is 0.223. The van der Waals surface area contributed by atoms with Gasteiger partial charge in [-0.1, -0.05) is 63.6 Å². The first kappa shape index (κ1) is 13.6. The lowest BCUT2D eigenvalue weighted by atomic mass is 9.97. The molecule has 3 N–H and O–H groups in total. The number of benzene rings is 2. The molecule has 0 saturated heterocycles. The van der Waals surface area contributed by atoms with Gasteiger partial charge in [-0.3, -0.25) is 5.21 Å². The van der Waals surface area contributed by atoms with Gasteiger partial charge < -0.3 is 5.21 Å². The lowest BCUT2D eigenvalue weighted by Crippen LogP contribution is -2.21. The minimum Gasteiger partial charge on any atom is -0.409 e. The Kier molecular flexibility index (Phi) is 4.54. The van der Waals surface area contributed by atoms with Gasteiger partial charge in [0.25, 0.3) is 0 Å². The van der Waals surface area contributed by atoms with E-state index in [0.29, 0.717) is 10.9 Å². The number of nitrogens with one attached hydrogen (secondary N) is 1. The van der Waals surface area contributed by atoms with Gasteiger partial charge in [0.15, 0.2) is 5.84 Å². The fourth-order valence-corrected chi connectivity index (χ4v) is 2.23. The van der Waals surface area contributed by atoms with Crippen molar-refractivity contribution in [2.24, 2.45) is 5.16 Å². The quantitative estimate of drug-likeness (QED) is 0.267. The van der Waals surface area contributed by atoms with E-state index in [1.807, 2.05) is 54.0 Å². The van der Waals surface area contributed by atoms with Gasteiger partial charge >= 0.3 is 0 Å². The first-order chi connectivity index (χ1) is 9.30. The van der Waals surface area contributed by atoms with Gasteiger partial charge in [-0.15, -0.1) is 0 Å². The fourth-order valence-electron chi connectivity index (χ4n) is 1.88. The van der Waals surface area contributed by atoms with E-state index in [1.165, 1.54) is 0 Å². The molecule has 19 heavy (non-hydrogen) atoms. The Labute approximate surface area is 119 Å². The van der Waals surface area contributed by atoms with E-state index in [1.54, 1.807) is 0 Å². The van der Waals surface area contributed by atoms with Gasteiger partial charge in [0, 0.05) is 10.9 Å². The molecule has 0 unspecified atom stereocenters. The number of alkyl halides is 1. The Bertz CT molecular complexity index is 585. The highest BCUT2D eigenvalue weighted by atomic mass is 79.9. The van der Waals surface area contributed by atoms with E-state index in [2.05, 4.69) is 21.1 Å². The molecule has 0 atom stereocenters. The molecule has 4 nitrogen and oxygen atoms in total. The molecule has 0 amide bonds. The number of nitrogens with zero attached hydrogens (tertiary/aromatic N) is 1. The molecule has 0 aromatic heterocycles. The van der Waals surface area contributed by atoms with Crippen LogP contribution in [0.15, 0.2) is 53.7 Å². The minimum atomic E-state index is 0.0154. The van der Waals surface area contributed by atoms with Crippen molar-refractivity contribution in [1.29, 1.82) is 0 Å². The number of hydrogen-bond acceptors (Lipinski definition) is 3. The average molecular weight is 321 g/mol. The highest BCUT2D eigenvalue weighted by molar-refractivity contribution is 9.08. The van der Waals surface area contributed by atoms with Crippen LogP contribution in [0.5, 0.6) is 0 Å². The number of hydroxylamine groups is 1. The summed E-state index contributed by atoms with van der Waals surface area (Å²) in [4.78, 5) is 0. The molecule has 0 saturated carbocycles. The van der Waals surface area contributed by atoms with Crippen LogP contribution >= 0.6 is 15.9 Å². The first-order valence-electron chi connectivity index (χ1n) is 5.67. The zero-order chi connectivity index (χ0) is 13.7. The molecule has 0 radical (unpaired) electrons. The second-order valence-electron chi connectivity index (χ2n) is 3.94. The minimum absolute atomic E-state index is 0.0154. The maximum absolute atomic E-state index is 9.06. The monoisotopic (exact) mass is 320 g/mol. The summed E-state index contributed by atoms with van der Waals surface area (Å²) >= 11 is 3.38. The largest absolute Gasteiger partial charge is 0.409 e. The van der Waals surface area contributed by atoms with Crippen LogP contribution in [0.25, 0.3) is 11.1 Å². The number of rotatable bonds is 3. The van der Waals surface area contributed by atoms with Crippen LogP contribution in [0.1, 0.15) is 11.1 Å². The molecule has 2 aromatic carbocycles. The summed E-state index contributed by atoms with van der Waals surface area (Å²) < 4.78 is 0. The second kappa shape index (κ2) is 6.36. The van der Waals surface area contributed by atoms with Crippen molar-refractivity contribution in [2.75, 3.05) is 0 Å². The maximum Gasteiger partial charge on any atom is 0.196 e. The van der Waals surface area contributed by atoms with Crippen molar-refractivity contribution < 1.29 is 10.4 Å². The molecular weight excluding hydrogens is 308 g/mol. The van der Waals surface area contributed by atoms with Crippen LogP contribution in [0.2, 0.25) is 0 Å². The van der Waals surface area contributed by atoms with Gasteiger partial charge in [-0.2, -0.15) is 0 Å². The maximum atomic E-state index is 9.06. The third-order valence-corrected chi connectivity index (χ3v) is 3.43. The predicted molar refractivity (Wildman–Crippen MR) is 77.8 cm³/mol. The zero-order valence-electron chi connectivity index (χ0n) is 10.0. The molecule has 0 aliphatic carbocycles. The number of amidine groups is 1. The smallest absolute Gasteiger partial charge is 0.196 e. The van der Waals surface area contributed by atoms with Crippen molar-refractivity contribution in [3.05, 3.63) is 59.7 Å². The lowest BCUT2D eigenvalue weighted by Gasteiger charge is -2.11. The molecule has 0 bridgehead atoms. The van der Waals surface area contributed by atoms with E-state index < -0.39 is 0 Å². The normalized spacial score (nSPS) is 11.4. The van der Waals surface area contributed by atoms with Gasteiger partial charge in [0.2, 0.25) is 0 Å². The van der Waals surface area contributed by atoms with Gasteiger partial charge in [0.1, 0.15) is 0 Å². The SMILES string of the molecule is ON=C(NO)c1cc(CBr)ccc1-c1ccccc1. The zero-order valence-corrected chi connectivity index (χ0v) is 11.6. The fraction of sp³-hybridized carbons (Fsp3) is 0.0714. The van der Waals surface area contributed by atoms with Crippen molar-refractivity contribution in [3.8, 4) is 11.1 Å². The van der Waals surface area contributed by atoms with E-state index in [4.69, 9.17) is 10.4 Å². The summed E-state index contributed by atoms with van der Waals surface area (Å²) in [6.45, 7) is 0. The number of halogens is 1. The molecular formula is C14H13BrN2O2. The van der Waals surface area contributed by atoms with Crippen molar-refractivity contribution >= 4 is 21.8 Å². The van der Waals surface area contributed by atoms with Crippen molar-refractivity contribution in [2.45, 2.75) is 5.33 Å².